The largest absolute Gasteiger partial charge is 0.368 e. The first-order chi connectivity index (χ1) is 11.7. The van der Waals surface area contributed by atoms with Crippen molar-refractivity contribution in [2.24, 2.45) is 0 Å². The van der Waals surface area contributed by atoms with Gasteiger partial charge in [-0.05, 0) is 30.0 Å². The highest BCUT2D eigenvalue weighted by Crippen LogP contribution is 2.25. The monoisotopic (exact) mass is 320 g/mol. The number of nitrogens with one attached hydrogen (secondary N) is 2. The Balaban J connectivity index is 1.58. The molecule has 24 heavy (non-hydrogen) atoms. The maximum Gasteiger partial charge on any atom is 0.223 e. The van der Waals surface area contributed by atoms with Gasteiger partial charge in [0.2, 0.25) is 5.95 Å². The smallest absolute Gasteiger partial charge is 0.223 e. The number of hydrogen-bond donors (Lipinski definition) is 3. The number of nitrogens with two attached hydrogens (primary N) is 1. The van der Waals surface area contributed by atoms with E-state index in [4.69, 9.17) is 5.73 Å². The summed E-state index contributed by atoms with van der Waals surface area (Å²) in [5.41, 5.74) is 6.86. The van der Waals surface area contributed by atoms with Crippen LogP contribution in [-0.2, 0) is 0 Å². The van der Waals surface area contributed by atoms with Crippen molar-refractivity contribution in [3.63, 3.8) is 0 Å². The van der Waals surface area contributed by atoms with Crippen molar-refractivity contribution in [3.05, 3.63) is 48.5 Å². The number of anilines is 4. The van der Waals surface area contributed by atoms with Gasteiger partial charge in [0.25, 0.3) is 0 Å². The van der Waals surface area contributed by atoms with Crippen molar-refractivity contribution in [2.75, 3.05) is 36.1 Å². The van der Waals surface area contributed by atoms with Crippen LogP contribution in [0.5, 0.6) is 0 Å². The summed E-state index contributed by atoms with van der Waals surface area (Å²) < 4.78 is 0. The molecule has 2 heterocycles. The van der Waals surface area contributed by atoms with Crippen LogP contribution in [0.1, 0.15) is 0 Å². The lowest BCUT2D eigenvalue weighted by atomic mass is 10.1. The van der Waals surface area contributed by atoms with Gasteiger partial charge in [0, 0.05) is 30.9 Å². The van der Waals surface area contributed by atoms with Gasteiger partial charge in [0.15, 0.2) is 0 Å². The molecular formula is C18H20N6. The Kier molecular flexibility index (Phi) is 3.66. The summed E-state index contributed by atoms with van der Waals surface area (Å²) in [7, 11) is 1.98. The molecule has 122 valence electrons. The fourth-order valence-corrected chi connectivity index (χ4v) is 2.94. The minimum atomic E-state index is 0.281. The van der Waals surface area contributed by atoms with E-state index in [-0.39, 0.29) is 5.95 Å². The van der Waals surface area contributed by atoms with Gasteiger partial charge in [-0.15, -0.1) is 0 Å². The second-order valence-corrected chi connectivity index (χ2v) is 6.05. The van der Waals surface area contributed by atoms with Crippen LogP contribution in [0.25, 0.3) is 10.8 Å². The Hall–Kier alpha value is -2.86. The predicted molar refractivity (Wildman–Crippen MR) is 98.7 cm³/mol. The molecule has 2 aromatic carbocycles. The van der Waals surface area contributed by atoms with Crippen LogP contribution in [-0.4, -0.2) is 36.1 Å². The van der Waals surface area contributed by atoms with Gasteiger partial charge in [-0.1, -0.05) is 30.3 Å². The Labute approximate surface area is 140 Å². The quantitative estimate of drug-likeness (QED) is 0.685. The van der Waals surface area contributed by atoms with Gasteiger partial charge in [0.05, 0.1) is 0 Å². The molecule has 0 aliphatic carbocycles. The molecule has 4 N–H and O–H groups in total. The summed E-state index contributed by atoms with van der Waals surface area (Å²) in [5.74, 6) is 1.85. The summed E-state index contributed by atoms with van der Waals surface area (Å²) in [4.78, 5) is 10.8. The summed E-state index contributed by atoms with van der Waals surface area (Å²) in [6.07, 6.45) is 0. The second-order valence-electron chi connectivity index (χ2n) is 6.05. The van der Waals surface area contributed by atoms with E-state index in [0.717, 1.165) is 24.6 Å². The number of rotatable bonds is 4. The zero-order valence-corrected chi connectivity index (χ0v) is 13.5. The normalized spacial score (nSPS) is 14.6. The van der Waals surface area contributed by atoms with E-state index in [2.05, 4.69) is 49.8 Å². The second kappa shape index (κ2) is 5.98. The average molecular weight is 320 g/mol. The van der Waals surface area contributed by atoms with E-state index in [1.165, 1.54) is 10.8 Å². The van der Waals surface area contributed by atoms with Crippen molar-refractivity contribution in [1.29, 1.82) is 0 Å². The zero-order chi connectivity index (χ0) is 16.5. The van der Waals surface area contributed by atoms with E-state index in [0.29, 0.717) is 11.9 Å². The summed E-state index contributed by atoms with van der Waals surface area (Å²) in [6, 6.07) is 17.0. The van der Waals surface area contributed by atoms with Crippen molar-refractivity contribution < 1.29 is 0 Å². The van der Waals surface area contributed by atoms with E-state index in [1.54, 1.807) is 0 Å². The molecule has 1 fully saturated rings. The minimum Gasteiger partial charge on any atom is -0.368 e. The minimum absolute atomic E-state index is 0.281. The molecule has 3 aromatic rings. The average Bonchev–Trinajstić information content (AvgIpc) is 2.53. The number of nitrogens with zero attached hydrogens (tertiary/aromatic N) is 3. The van der Waals surface area contributed by atoms with Gasteiger partial charge in [0.1, 0.15) is 11.6 Å². The van der Waals surface area contributed by atoms with Crippen LogP contribution in [0.4, 0.5) is 23.3 Å². The van der Waals surface area contributed by atoms with Crippen molar-refractivity contribution in [3.8, 4) is 0 Å². The molecule has 6 nitrogen and oxygen atoms in total. The third-order valence-corrected chi connectivity index (χ3v) is 4.37. The first-order valence-corrected chi connectivity index (χ1v) is 8.04. The number of hydrogen-bond acceptors (Lipinski definition) is 6. The highest BCUT2D eigenvalue weighted by Gasteiger charge is 2.26. The molecule has 0 spiro atoms. The molecule has 0 unspecified atom stereocenters. The summed E-state index contributed by atoms with van der Waals surface area (Å²) in [5, 5.41) is 8.98. The highest BCUT2D eigenvalue weighted by atomic mass is 15.3. The van der Waals surface area contributed by atoms with Crippen LogP contribution >= 0.6 is 0 Å². The lowest BCUT2D eigenvalue weighted by Gasteiger charge is -2.40. The number of likely N-dealkylation sites (N-methyl/N-ethyl adjacent to an activating group) is 1. The predicted octanol–water partition coefficient (Wildman–Crippen LogP) is 2.36. The molecule has 1 saturated heterocycles. The summed E-state index contributed by atoms with van der Waals surface area (Å²) in [6.45, 7) is 1.87. The van der Waals surface area contributed by atoms with Crippen LogP contribution in [0.2, 0.25) is 0 Å². The van der Waals surface area contributed by atoms with E-state index < -0.39 is 0 Å². The van der Waals surface area contributed by atoms with Gasteiger partial charge < -0.3 is 21.3 Å². The first-order valence-electron chi connectivity index (χ1n) is 8.04. The number of benzene rings is 2. The lowest BCUT2D eigenvalue weighted by molar-refractivity contribution is 0.447. The molecule has 1 aliphatic heterocycles. The van der Waals surface area contributed by atoms with Crippen LogP contribution in [0.15, 0.2) is 48.5 Å². The van der Waals surface area contributed by atoms with Gasteiger partial charge in [-0.25, -0.2) is 0 Å². The van der Waals surface area contributed by atoms with E-state index in [1.807, 2.05) is 31.3 Å². The van der Waals surface area contributed by atoms with E-state index >= 15 is 0 Å². The molecule has 0 atom stereocenters. The Bertz CT molecular complexity index is 872. The first kappa shape index (κ1) is 14.7. The Morgan fingerprint density at radius 3 is 2.62 bits per heavy atom. The summed E-state index contributed by atoms with van der Waals surface area (Å²) >= 11 is 0. The fraction of sp³-hybridized carbons (Fsp3) is 0.222. The molecule has 1 aliphatic rings. The SMILES string of the molecule is CNC1CN(c2cc(Nc3ccc4ccccc4c3)nc(N)n2)C1. The Morgan fingerprint density at radius 1 is 1.04 bits per heavy atom. The molecule has 4 rings (SSSR count). The van der Waals surface area contributed by atoms with Gasteiger partial charge >= 0.3 is 0 Å². The van der Waals surface area contributed by atoms with Crippen molar-refractivity contribution in [2.45, 2.75) is 6.04 Å². The van der Waals surface area contributed by atoms with Gasteiger partial charge in [-0.3, -0.25) is 0 Å². The van der Waals surface area contributed by atoms with Crippen LogP contribution in [0, 0.1) is 0 Å². The third kappa shape index (κ3) is 2.83. The molecule has 0 bridgehead atoms. The molecular weight excluding hydrogens is 300 g/mol. The van der Waals surface area contributed by atoms with Crippen molar-refractivity contribution >= 4 is 34.0 Å². The molecule has 0 saturated carbocycles. The number of nitrogen functional groups attached to an aromatic ring is 1. The van der Waals surface area contributed by atoms with Crippen LogP contribution in [0.3, 0.4) is 0 Å². The standard InChI is InChI=1S/C18H20N6/c1-20-15-10-24(11-15)17-9-16(22-18(19)23-17)21-14-7-6-12-4-2-3-5-13(12)8-14/h2-9,15,20H,10-11H2,1H3,(H3,19,21,22,23). The number of fused-ring (bicyclic) bond motifs is 1. The molecule has 0 radical (unpaired) electrons. The van der Waals surface area contributed by atoms with Crippen molar-refractivity contribution in [1.82, 2.24) is 15.3 Å². The maximum atomic E-state index is 5.88. The maximum absolute atomic E-state index is 5.88. The van der Waals surface area contributed by atoms with E-state index in [9.17, 15) is 0 Å². The topological polar surface area (TPSA) is 79.1 Å². The fourth-order valence-electron chi connectivity index (χ4n) is 2.94. The number of aromatic nitrogens is 2. The third-order valence-electron chi connectivity index (χ3n) is 4.37. The Morgan fingerprint density at radius 2 is 1.83 bits per heavy atom. The molecule has 0 amide bonds. The highest BCUT2D eigenvalue weighted by molar-refractivity contribution is 5.86. The van der Waals surface area contributed by atoms with Gasteiger partial charge in [-0.2, -0.15) is 9.97 Å². The lowest BCUT2D eigenvalue weighted by Crippen LogP contribution is -2.57. The zero-order valence-electron chi connectivity index (χ0n) is 13.5. The van der Waals surface area contributed by atoms with Crippen LogP contribution < -0.4 is 21.3 Å². The molecule has 1 aromatic heterocycles. The molecule has 6 heteroatoms.